The van der Waals surface area contributed by atoms with Gasteiger partial charge in [-0.05, 0) is 31.4 Å². The third-order valence-electron chi connectivity index (χ3n) is 2.96. The van der Waals surface area contributed by atoms with E-state index in [0.29, 0.717) is 12.8 Å². The maximum Gasteiger partial charge on any atom is 0.310 e. The summed E-state index contributed by atoms with van der Waals surface area (Å²) in [6.45, 7) is 0. The number of carboxylic acids is 1. The van der Waals surface area contributed by atoms with E-state index in [1.54, 1.807) is 0 Å². The predicted octanol–water partition coefficient (Wildman–Crippen LogP) is 2.60. The molecule has 2 unspecified atom stereocenters. The number of hydrogen-bond acceptors (Lipinski definition) is 2. The minimum Gasteiger partial charge on any atom is -0.486 e. The van der Waals surface area contributed by atoms with E-state index < -0.39 is 29.6 Å². The molecule has 92 valence electrons. The summed E-state index contributed by atoms with van der Waals surface area (Å²) < 4.78 is 31.5. The van der Waals surface area contributed by atoms with Crippen LogP contribution >= 0.6 is 0 Å². The molecule has 17 heavy (non-hydrogen) atoms. The molecule has 1 fully saturated rings. The topological polar surface area (TPSA) is 46.5 Å². The molecule has 0 amide bonds. The maximum atomic E-state index is 13.3. The summed E-state index contributed by atoms with van der Waals surface area (Å²) in [6.07, 6.45) is 1.20. The molecule has 0 bridgehead atoms. The number of ether oxygens (including phenoxy) is 1. The molecule has 0 saturated heterocycles. The van der Waals surface area contributed by atoms with Crippen LogP contribution in [0.15, 0.2) is 18.2 Å². The van der Waals surface area contributed by atoms with Crippen molar-refractivity contribution in [2.75, 3.05) is 0 Å². The summed E-state index contributed by atoms with van der Waals surface area (Å²) in [5.41, 5.74) is 0. The van der Waals surface area contributed by atoms with Gasteiger partial charge < -0.3 is 9.84 Å². The first-order valence-electron chi connectivity index (χ1n) is 5.43. The summed E-state index contributed by atoms with van der Waals surface area (Å²) in [7, 11) is 0. The molecule has 2 rings (SSSR count). The molecular weight excluding hydrogens is 230 g/mol. The monoisotopic (exact) mass is 242 g/mol. The number of aliphatic carboxylic acids is 1. The van der Waals surface area contributed by atoms with Crippen LogP contribution in [-0.2, 0) is 4.79 Å². The fraction of sp³-hybridized carbons (Fsp3) is 0.417. The number of benzene rings is 1. The quantitative estimate of drug-likeness (QED) is 0.886. The lowest BCUT2D eigenvalue weighted by Gasteiger charge is -2.18. The number of carboxylic acid groups (broad SMARTS) is 1. The number of carbonyl (C=O) groups is 1. The molecule has 1 aromatic carbocycles. The molecule has 3 nitrogen and oxygen atoms in total. The minimum absolute atomic E-state index is 0.219. The first-order chi connectivity index (χ1) is 8.09. The lowest BCUT2D eigenvalue weighted by molar-refractivity contribution is -0.144. The Morgan fingerprint density at radius 3 is 2.82 bits per heavy atom. The van der Waals surface area contributed by atoms with Crippen LogP contribution in [-0.4, -0.2) is 17.2 Å². The number of halogens is 2. The van der Waals surface area contributed by atoms with Crippen LogP contribution < -0.4 is 4.74 Å². The predicted molar refractivity (Wildman–Crippen MR) is 55.8 cm³/mol. The molecular formula is C12H12F2O3. The van der Waals surface area contributed by atoms with Crippen molar-refractivity contribution >= 4 is 5.97 Å². The van der Waals surface area contributed by atoms with E-state index in [2.05, 4.69) is 0 Å². The van der Waals surface area contributed by atoms with Gasteiger partial charge in [-0.3, -0.25) is 4.79 Å². The summed E-state index contributed by atoms with van der Waals surface area (Å²) in [4.78, 5) is 10.9. The third kappa shape index (κ3) is 2.38. The Hall–Kier alpha value is -1.65. The number of rotatable bonds is 3. The normalized spacial score (nSPS) is 23.6. The van der Waals surface area contributed by atoms with E-state index in [1.165, 1.54) is 12.1 Å². The van der Waals surface area contributed by atoms with Crippen LogP contribution in [0.4, 0.5) is 8.78 Å². The SMILES string of the molecule is O=C(O)C1CCCC1Oc1cccc(F)c1F. The van der Waals surface area contributed by atoms with Crippen LogP contribution in [0.25, 0.3) is 0 Å². The van der Waals surface area contributed by atoms with Crippen LogP contribution in [0.3, 0.4) is 0 Å². The Morgan fingerprint density at radius 2 is 2.12 bits per heavy atom. The molecule has 2 atom stereocenters. The fourth-order valence-corrected chi connectivity index (χ4v) is 2.09. The molecule has 1 aliphatic rings. The highest BCUT2D eigenvalue weighted by molar-refractivity contribution is 5.71. The van der Waals surface area contributed by atoms with Gasteiger partial charge in [0.15, 0.2) is 11.6 Å². The standard InChI is InChI=1S/C12H12F2O3/c13-8-4-2-6-10(11(8)14)17-9-5-1-3-7(9)12(15)16/h2,4,6-7,9H,1,3,5H2,(H,15,16). The van der Waals surface area contributed by atoms with Gasteiger partial charge in [0.25, 0.3) is 0 Å². The fourth-order valence-electron chi connectivity index (χ4n) is 2.09. The zero-order chi connectivity index (χ0) is 12.4. The summed E-state index contributed by atoms with van der Waals surface area (Å²) in [6, 6.07) is 3.62. The van der Waals surface area contributed by atoms with Crippen molar-refractivity contribution in [3.8, 4) is 5.75 Å². The second-order valence-corrected chi connectivity index (χ2v) is 4.08. The highest BCUT2D eigenvalue weighted by atomic mass is 19.2. The summed E-state index contributed by atoms with van der Waals surface area (Å²) >= 11 is 0. The summed E-state index contributed by atoms with van der Waals surface area (Å²) in [5, 5.41) is 8.94. The molecule has 1 aliphatic carbocycles. The largest absolute Gasteiger partial charge is 0.486 e. The highest BCUT2D eigenvalue weighted by Crippen LogP contribution is 2.31. The molecule has 0 aromatic heterocycles. The number of hydrogen-bond donors (Lipinski definition) is 1. The molecule has 0 heterocycles. The van der Waals surface area contributed by atoms with Crippen molar-refractivity contribution in [2.24, 2.45) is 5.92 Å². The van der Waals surface area contributed by atoms with Gasteiger partial charge in [0, 0.05) is 0 Å². The Kier molecular flexibility index (Phi) is 3.26. The molecule has 1 saturated carbocycles. The Bertz CT molecular complexity index is 434. The van der Waals surface area contributed by atoms with E-state index in [-0.39, 0.29) is 5.75 Å². The Balaban J connectivity index is 2.15. The van der Waals surface area contributed by atoms with E-state index in [9.17, 15) is 13.6 Å². The van der Waals surface area contributed by atoms with E-state index in [4.69, 9.17) is 9.84 Å². The van der Waals surface area contributed by atoms with Crippen LogP contribution in [0.5, 0.6) is 5.75 Å². The van der Waals surface area contributed by atoms with Gasteiger partial charge >= 0.3 is 5.97 Å². The average Bonchev–Trinajstić information content (AvgIpc) is 2.73. The highest BCUT2D eigenvalue weighted by Gasteiger charge is 2.35. The van der Waals surface area contributed by atoms with Crippen molar-refractivity contribution in [1.29, 1.82) is 0 Å². The molecule has 0 radical (unpaired) electrons. The van der Waals surface area contributed by atoms with Gasteiger partial charge in [0.1, 0.15) is 6.10 Å². The van der Waals surface area contributed by atoms with Crippen LogP contribution in [0.1, 0.15) is 19.3 Å². The van der Waals surface area contributed by atoms with Crippen molar-refractivity contribution < 1.29 is 23.4 Å². The van der Waals surface area contributed by atoms with Gasteiger partial charge in [0.2, 0.25) is 5.82 Å². The Morgan fingerprint density at radius 1 is 1.35 bits per heavy atom. The van der Waals surface area contributed by atoms with Crippen molar-refractivity contribution in [3.63, 3.8) is 0 Å². The average molecular weight is 242 g/mol. The van der Waals surface area contributed by atoms with E-state index in [0.717, 1.165) is 12.5 Å². The summed E-state index contributed by atoms with van der Waals surface area (Å²) in [5.74, 6) is -3.87. The Labute approximate surface area is 97.0 Å². The molecule has 0 spiro atoms. The first kappa shape index (κ1) is 11.8. The van der Waals surface area contributed by atoms with Gasteiger partial charge in [0.05, 0.1) is 5.92 Å². The molecule has 1 N–H and O–H groups in total. The van der Waals surface area contributed by atoms with Crippen molar-refractivity contribution in [2.45, 2.75) is 25.4 Å². The van der Waals surface area contributed by atoms with E-state index >= 15 is 0 Å². The van der Waals surface area contributed by atoms with Crippen molar-refractivity contribution in [3.05, 3.63) is 29.8 Å². The zero-order valence-electron chi connectivity index (χ0n) is 9.03. The molecule has 0 aliphatic heterocycles. The van der Waals surface area contributed by atoms with Crippen molar-refractivity contribution in [1.82, 2.24) is 0 Å². The minimum atomic E-state index is -1.07. The van der Waals surface area contributed by atoms with Gasteiger partial charge in [-0.1, -0.05) is 6.07 Å². The molecule has 1 aromatic rings. The zero-order valence-corrected chi connectivity index (χ0v) is 9.03. The van der Waals surface area contributed by atoms with Gasteiger partial charge in [-0.15, -0.1) is 0 Å². The maximum absolute atomic E-state index is 13.3. The smallest absolute Gasteiger partial charge is 0.310 e. The lowest BCUT2D eigenvalue weighted by atomic mass is 10.1. The molecule has 5 heteroatoms. The van der Waals surface area contributed by atoms with Gasteiger partial charge in [-0.2, -0.15) is 4.39 Å². The second-order valence-electron chi connectivity index (χ2n) is 4.08. The first-order valence-corrected chi connectivity index (χ1v) is 5.43. The second kappa shape index (κ2) is 4.69. The third-order valence-corrected chi connectivity index (χ3v) is 2.96. The lowest BCUT2D eigenvalue weighted by Crippen LogP contribution is -2.28. The van der Waals surface area contributed by atoms with Gasteiger partial charge in [-0.25, -0.2) is 4.39 Å². The van der Waals surface area contributed by atoms with E-state index in [1.807, 2.05) is 0 Å². The van der Waals surface area contributed by atoms with Crippen LogP contribution in [0, 0.1) is 17.6 Å². The van der Waals surface area contributed by atoms with Crippen LogP contribution in [0.2, 0.25) is 0 Å².